The number of hydrogen-bond donors (Lipinski definition) is 2. The predicted molar refractivity (Wildman–Crippen MR) is 124 cm³/mol. The Morgan fingerprint density at radius 2 is 1.73 bits per heavy atom. The van der Waals surface area contributed by atoms with Gasteiger partial charge in [0.15, 0.2) is 12.4 Å². The molecule has 8 heteroatoms. The molecule has 1 heterocycles. The van der Waals surface area contributed by atoms with E-state index < -0.39 is 0 Å². The number of carbonyl (C=O) groups is 4. The minimum atomic E-state index is -0.385. The Kier molecular flexibility index (Phi) is 6.17. The van der Waals surface area contributed by atoms with Gasteiger partial charge >= 0.3 is 0 Å². The minimum absolute atomic E-state index is 0.0729. The summed E-state index contributed by atoms with van der Waals surface area (Å²) in [7, 11) is 0. The second-order valence-corrected chi connectivity index (χ2v) is 7.45. The summed E-state index contributed by atoms with van der Waals surface area (Å²) in [5, 5.41) is 5.45. The third kappa shape index (κ3) is 5.07. The molecule has 2 N–H and O–H groups in total. The zero-order valence-corrected chi connectivity index (χ0v) is 17.8. The number of benzene rings is 3. The Bertz CT molecular complexity index is 1240. The number of Topliss-reactive ketones (excluding diaryl/α,β-unsaturated/α-hetero) is 1. The molecule has 3 amide bonds. The van der Waals surface area contributed by atoms with Crippen molar-refractivity contribution in [3.05, 3.63) is 83.9 Å². The van der Waals surface area contributed by atoms with Crippen LogP contribution < -0.4 is 20.3 Å². The fourth-order valence-electron chi connectivity index (χ4n) is 3.42. The van der Waals surface area contributed by atoms with Crippen molar-refractivity contribution in [1.82, 2.24) is 0 Å². The monoisotopic (exact) mass is 443 g/mol. The molecule has 33 heavy (non-hydrogen) atoms. The van der Waals surface area contributed by atoms with Crippen LogP contribution in [0.3, 0.4) is 0 Å². The van der Waals surface area contributed by atoms with E-state index in [1.165, 1.54) is 11.8 Å². The van der Waals surface area contributed by atoms with Gasteiger partial charge in [0.25, 0.3) is 11.8 Å². The summed E-state index contributed by atoms with van der Waals surface area (Å²) in [4.78, 5) is 50.1. The van der Waals surface area contributed by atoms with Crippen LogP contribution in [-0.4, -0.2) is 36.7 Å². The second kappa shape index (κ2) is 9.35. The first-order chi connectivity index (χ1) is 15.9. The van der Waals surface area contributed by atoms with Crippen LogP contribution in [0.5, 0.6) is 5.75 Å². The molecule has 0 aromatic heterocycles. The van der Waals surface area contributed by atoms with Crippen molar-refractivity contribution in [2.24, 2.45) is 0 Å². The van der Waals surface area contributed by atoms with E-state index in [0.717, 1.165) is 0 Å². The first-order valence-electron chi connectivity index (χ1n) is 10.2. The molecule has 0 unspecified atom stereocenters. The lowest BCUT2D eigenvalue weighted by Crippen LogP contribution is -2.42. The quantitative estimate of drug-likeness (QED) is 0.568. The molecule has 0 spiro atoms. The summed E-state index contributed by atoms with van der Waals surface area (Å²) in [6, 6.07) is 20.1. The Morgan fingerprint density at radius 3 is 2.48 bits per heavy atom. The Morgan fingerprint density at radius 1 is 0.970 bits per heavy atom. The highest BCUT2D eigenvalue weighted by Crippen LogP contribution is 2.30. The van der Waals surface area contributed by atoms with Crippen molar-refractivity contribution in [2.75, 3.05) is 28.7 Å². The van der Waals surface area contributed by atoms with E-state index in [1.54, 1.807) is 72.8 Å². The smallest absolute Gasteiger partial charge is 0.262 e. The van der Waals surface area contributed by atoms with Gasteiger partial charge in [0, 0.05) is 16.8 Å². The lowest BCUT2D eigenvalue weighted by molar-refractivity contribution is -0.118. The largest absolute Gasteiger partial charge is 0.484 e. The van der Waals surface area contributed by atoms with Crippen LogP contribution in [0.1, 0.15) is 27.6 Å². The summed E-state index contributed by atoms with van der Waals surface area (Å²) in [5.41, 5.74) is 2.59. The highest BCUT2D eigenvalue weighted by Gasteiger charge is 2.27. The van der Waals surface area contributed by atoms with Gasteiger partial charge in [-0.25, -0.2) is 0 Å². The van der Waals surface area contributed by atoms with Crippen molar-refractivity contribution in [3.63, 3.8) is 0 Å². The first-order valence-corrected chi connectivity index (χ1v) is 10.2. The molecular formula is C25H21N3O5. The van der Waals surface area contributed by atoms with Crippen molar-refractivity contribution in [2.45, 2.75) is 6.92 Å². The van der Waals surface area contributed by atoms with E-state index in [0.29, 0.717) is 33.9 Å². The summed E-state index contributed by atoms with van der Waals surface area (Å²) >= 11 is 0. The van der Waals surface area contributed by atoms with E-state index in [2.05, 4.69) is 10.6 Å². The third-order valence-corrected chi connectivity index (χ3v) is 5.04. The van der Waals surface area contributed by atoms with Gasteiger partial charge in [-0.05, 0) is 55.5 Å². The van der Waals surface area contributed by atoms with Gasteiger partial charge in [-0.3, -0.25) is 24.1 Å². The second-order valence-electron chi connectivity index (χ2n) is 7.45. The van der Waals surface area contributed by atoms with E-state index in [1.807, 2.05) is 0 Å². The highest BCUT2D eigenvalue weighted by molar-refractivity contribution is 6.15. The SMILES string of the molecule is CC(=O)c1cccc(OCC(=O)Nc2ccc(C(=O)N3CC(=O)Nc4ccccc43)cc2)c1. The number of hydrogen-bond acceptors (Lipinski definition) is 5. The van der Waals surface area contributed by atoms with Gasteiger partial charge in [0.2, 0.25) is 5.91 Å². The number of nitrogens with one attached hydrogen (secondary N) is 2. The molecule has 4 rings (SSSR count). The van der Waals surface area contributed by atoms with Gasteiger partial charge < -0.3 is 15.4 Å². The van der Waals surface area contributed by atoms with Gasteiger partial charge in [0.05, 0.1) is 11.4 Å². The molecule has 8 nitrogen and oxygen atoms in total. The molecule has 0 saturated carbocycles. The van der Waals surface area contributed by atoms with Gasteiger partial charge in [0.1, 0.15) is 12.3 Å². The van der Waals surface area contributed by atoms with Crippen molar-refractivity contribution in [1.29, 1.82) is 0 Å². The summed E-state index contributed by atoms with van der Waals surface area (Å²) in [5.74, 6) is -0.634. The van der Waals surface area contributed by atoms with Crippen LogP contribution in [0.25, 0.3) is 0 Å². The number of nitrogens with zero attached hydrogens (tertiary/aromatic N) is 1. The number of ether oxygens (including phenoxy) is 1. The van der Waals surface area contributed by atoms with E-state index >= 15 is 0 Å². The Labute approximate surface area is 190 Å². The van der Waals surface area contributed by atoms with Gasteiger partial charge in [-0.1, -0.05) is 24.3 Å². The van der Waals surface area contributed by atoms with Crippen molar-refractivity contribution in [3.8, 4) is 5.75 Å². The normalized spacial score (nSPS) is 12.4. The van der Waals surface area contributed by atoms with Crippen molar-refractivity contribution < 1.29 is 23.9 Å². The highest BCUT2D eigenvalue weighted by atomic mass is 16.5. The lowest BCUT2D eigenvalue weighted by atomic mass is 10.1. The van der Waals surface area contributed by atoms with Crippen LogP contribution in [0.2, 0.25) is 0 Å². The fraction of sp³-hybridized carbons (Fsp3) is 0.120. The molecular weight excluding hydrogens is 422 g/mol. The van der Waals surface area contributed by atoms with Crippen LogP contribution in [0, 0.1) is 0 Å². The molecule has 0 atom stereocenters. The average Bonchev–Trinajstić information content (AvgIpc) is 2.82. The Balaban J connectivity index is 1.38. The molecule has 0 saturated heterocycles. The van der Waals surface area contributed by atoms with Crippen LogP contribution in [-0.2, 0) is 9.59 Å². The number of fused-ring (bicyclic) bond motifs is 1. The maximum absolute atomic E-state index is 13.0. The molecule has 166 valence electrons. The molecule has 0 bridgehead atoms. The molecule has 3 aromatic rings. The first kappa shape index (κ1) is 21.8. The summed E-state index contributed by atoms with van der Waals surface area (Å²) in [6.07, 6.45) is 0. The number of anilines is 3. The standard InChI is InChI=1S/C25H21N3O5/c1-16(29)18-5-4-6-20(13-18)33-15-24(31)26-19-11-9-17(10-12-19)25(32)28-14-23(30)27-21-7-2-3-8-22(21)28/h2-13H,14-15H2,1H3,(H,26,31)(H,27,30). The third-order valence-electron chi connectivity index (χ3n) is 5.04. The van der Waals surface area contributed by atoms with E-state index in [4.69, 9.17) is 4.74 Å². The summed E-state index contributed by atoms with van der Waals surface area (Å²) < 4.78 is 5.45. The average molecular weight is 443 g/mol. The predicted octanol–water partition coefficient (Wildman–Crippen LogP) is 3.51. The topological polar surface area (TPSA) is 105 Å². The maximum atomic E-state index is 13.0. The number of para-hydroxylation sites is 2. The van der Waals surface area contributed by atoms with Crippen LogP contribution in [0.4, 0.5) is 17.1 Å². The van der Waals surface area contributed by atoms with Gasteiger partial charge in [-0.2, -0.15) is 0 Å². The van der Waals surface area contributed by atoms with E-state index in [9.17, 15) is 19.2 Å². The zero-order valence-electron chi connectivity index (χ0n) is 17.8. The lowest BCUT2D eigenvalue weighted by Gasteiger charge is -2.29. The summed E-state index contributed by atoms with van der Waals surface area (Å²) in [6.45, 7) is 1.15. The fourth-order valence-corrected chi connectivity index (χ4v) is 3.42. The number of rotatable bonds is 6. The van der Waals surface area contributed by atoms with Crippen molar-refractivity contribution >= 4 is 40.6 Å². The Hall–Kier alpha value is -4.46. The molecule has 0 fully saturated rings. The maximum Gasteiger partial charge on any atom is 0.262 e. The zero-order chi connectivity index (χ0) is 23.4. The van der Waals surface area contributed by atoms with Gasteiger partial charge in [-0.15, -0.1) is 0 Å². The molecule has 0 aliphatic carbocycles. The number of carbonyl (C=O) groups excluding carboxylic acids is 4. The number of amides is 3. The molecule has 1 aliphatic rings. The van der Waals surface area contributed by atoms with Crippen LogP contribution >= 0.6 is 0 Å². The molecule has 3 aromatic carbocycles. The van der Waals surface area contributed by atoms with E-state index in [-0.39, 0.29) is 36.7 Å². The molecule has 1 aliphatic heterocycles. The number of ketones is 1. The minimum Gasteiger partial charge on any atom is -0.484 e. The molecule has 0 radical (unpaired) electrons. The van der Waals surface area contributed by atoms with Crippen LogP contribution in [0.15, 0.2) is 72.8 Å².